The van der Waals surface area contributed by atoms with Crippen LogP contribution in [0.5, 0.6) is 0 Å². The first-order chi connectivity index (χ1) is 11.8. The van der Waals surface area contributed by atoms with Crippen molar-refractivity contribution in [1.82, 2.24) is 15.0 Å². The Balaban J connectivity index is 1.56. The summed E-state index contributed by atoms with van der Waals surface area (Å²) in [6.45, 7) is 4.05. The van der Waals surface area contributed by atoms with E-state index in [-0.39, 0.29) is 0 Å². The number of anilines is 3. The Hall–Kier alpha value is -2.89. The highest BCUT2D eigenvalue weighted by molar-refractivity contribution is 5.59. The van der Waals surface area contributed by atoms with Gasteiger partial charge >= 0.3 is 0 Å². The van der Waals surface area contributed by atoms with Gasteiger partial charge in [0, 0.05) is 19.3 Å². The quantitative estimate of drug-likeness (QED) is 0.788. The average Bonchev–Trinajstić information content (AvgIpc) is 3.27. The third-order valence-corrected chi connectivity index (χ3v) is 4.04. The van der Waals surface area contributed by atoms with E-state index < -0.39 is 0 Å². The summed E-state index contributed by atoms with van der Waals surface area (Å²) in [7, 11) is 0. The second kappa shape index (κ2) is 6.31. The predicted molar refractivity (Wildman–Crippen MR) is 93.4 cm³/mol. The van der Waals surface area contributed by atoms with Gasteiger partial charge in [-0.3, -0.25) is 0 Å². The maximum absolute atomic E-state index is 5.89. The molecule has 24 heavy (non-hydrogen) atoms. The van der Waals surface area contributed by atoms with Crippen LogP contribution in [0.15, 0.2) is 47.1 Å². The summed E-state index contributed by atoms with van der Waals surface area (Å²) in [6, 6.07) is 10.4. The lowest BCUT2D eigenvalue weighted by Crippen LogP contribution is -2.17. The Kier molecular flexibility index (Phi) is 3.86. The molecule has 1 saturated heterocycles. The van der Waals surface area contributed by atoms with Crippen molar-refractivity contribution >= 4 is 17.7 Å². The number of rotatable bonds is 4. The molecule has 4 rings (SSSR count). The number of oxazole rings is 1. The van der Waals surface area contributed by atoms with E-state index in [0.29, 0.717) is 11.8 Å². The molecule has 0 amide bonds. The lowest BCUT2D eigenvalue weighted by molar-refractivity contribution is 0.558. The lowest BCUT2D eigenvalue weighted by atomic mass is 10.3. The molecule has 0 bridgehead atoms. The van der Waals surface area contributed by atoms with Crippen LogP contribution in [0.2, 0.25) is 0 Å². The molecule has 0 atom stereocenters. The molecule has 0 radical (unpaired) electrons. The molecule has 1 fully saturated rings. The summed E-state index contributed by atoms with van der Waals surface area (Å²) < 4.78 is 5.89. The van der Waals surface area contributed by atoms with Crippen LogP contribution >= 0.6 is 0 Å². The molecule has 1 N–H and O–H groups in total. The van der Waals surface area contributed by atoms with Crippen molar-refractivity contribution < 1.29 is 4.42 Å². The largest absolute Gasteiger partial charge is 0.422 e. The summed E-state index contributed by atoms with van der Waals surface area (Å²) in [5, 5.41) is 3.22. The zero-order valence-electron chi connectivity index (χ0n) is 13.6. The van der Waals surface area contributed by atoms with Gasteiger partial charge in [0.15, 0.2) is 5.76 Å². The van der Waals surface area contributed by atoms with Gasteiger partial charge in [-0.1, -0.05) is 6.07 Å². The monoisotopic (exact) mass is 321 g/mol. The maximum Gasteiger partial charge on any atom is 0.297 e. The first-order valence-electron chi connectivity index (χ1n) is 8.16. The number of hydrogen-bond donors (Lipinski definition) is 1. The minimum Gasteiger partial charge on any atom is -0.422 e. The zero-order chi connectivity index (χ0) is 16.4. The Morgan fingerprint density at radius 1 is 1.08 bits per heavy atom. The summed E-state index contributed by atoms with van der Waals surface area (Å²) in [5.41, 5.74) is 1.90. The van der Waals surface area contributed by atoms with Crippen LogP contribution in [0.4, 0.5) is 17.7 Å². The van der Waals surface area contributed by atoms with Crippen LogP contribution in [0.25, 0.3) is 11.5 Å². The van der Waals surface area contributed by atoms with Gasteiger partial charge in [-0.2, -0.15) is 0 Å². The van der Waals surface area contributed by atoms with Crippen LogP contribution < -0.4 is 10.2 Å². The van der Waals surface area contributed by atoms with E-state index in [4.69, 9.17) is 4.42 Å². The molecule has 6 nitrogen and oxygen atoms in total. The smallest absolute Gasteiger partial charge is 0.297 e. The fourth-order valence-electron chi connectivity index (χ4n) is 2.82. The standard InChI is InChI=1S/C18H19N5O/c1-13-7-8-19-17(11-13)22-16-6-4-5-14(21-16)15-12-20-18(24-15)23-9-2-3-10-23/h4-8,11-12H,2-3,9-10H2,1H3,(H,19,21,22). The summed E-state index contributed by atoms with van der Waals surface area (Å²) in [4.78, 5) is 15.5. The molecule has 0 spiro atoms. The molecule has 122 valence electrons. The molecule has 1 aliphatic rings. The molecule has 6 heteroatoms. The highest BCUT2D eigenvalue weighted by Gasteiger charge is 2.18. The van der Waals surface area contributed by atoms with Crippen LogP contribution in [-0.4, -0.2) is 28.0 Å². The van der Waals surface area contributed by atoms with Crippen molar-refractivity contribution in [2.75, 3.05) is 23.3 Å². The van der Waals surface area contributed by atoms with E-state index in [9.17, 15) is 0 Å². The Labute approximate surface area is 140 Å². The van der Waals surface area contributed by atoms with Crippen molar-refractivity contribution in [3.63, 3.8) is 0 Å². The van der Waals surface area contributed by atoms with E-state index in [0.717, 1.165) is 36.0 Å². The molecule has 0 aliphatic carbocycles. The number of hydrogen-bond acceptors (Lipinski definition) is 6. The van der Waals surface area contributed by atoms with E-state index in [1.54, 1.807) is 12.4 Å². The molecule has 3 aromatic heterocycles. The molecular weight excluding hydrogens is 302 g/mol. The van der Waals surface area contributed by atoms with Gasteiger partial charge in [0.2, 0.25) is 0 Å². The molecule has 0 unspecified atom stereocenters. The summed E-state index contributed by atoms with van der Waals surface area (Å²) in [6.07, 6.45) is 5.91. The first kappa shape index (κ1) is 14.7. The van der Waals surface area contributed by atoms with Gasteiger partial charge in [0.25, 0.3) is 6.01 Å². The van der Waals surface area contributed by atoms with Gasteiger partial charge < -0.3 is 14.6 Å². The first-order valence-corrected chi connectivity index (χ1v) is 8.16. The van der Waals surface area contributed by atoms with E-state index >= 15 is 0 Å². The van der Waals surface area contributed by atoms with Crippen LogP contribution in [0, 0.1) is 6.92 Å². The topological polar surface area (TPSA) is 67.1 Å². The number of nitrogens with one attached hydrogen (secondary N) is 1. The minimum absolute atomic E-state index is 0.678. The number of aryl methyl sites for hydroxylation is 1. The van der Waals surface area contributed by atoms with Gasteiger partial charge in [-0.05, 0) is 49.6 Å². The van der Waals surface area contributed by atoms with Crippen molar-refractivity contribution in [2.24, 2.45) is 0 Å². The highest BCUT2D eigenvalue weighted by Crippen LogP contribution is 2.26. The normalized spacial score (nSPS) is 14.1. The minimum atomic E-state index is 0.678. The van der Waals surface area contributed by atoms with E-state index in [1.165, 1.54) is 12.8 Å². The predicted octanol–water partition coefficient (Wildman–Crippen LogP) is 3.78. The zero-order valence-corrected chi connectivity index (χ0v) is 13.6. The summed E-state index contributed by atoms with van der Waals surface area (Å²) >= 11 is 0. The Morgan fingerprint density at radius 2 is 1.96 bits per heavy atom. The van der Waals surface area contributed by atoms with Gasteiger partial charge in [-0.25, -0.2) is 15.0 Å². The highest BCUT2D eigenvalue weighted by atomic mass is 16.4. The fourth-order valence-corrected chi connectivity index (χ4v) is 2.82. The van der Waals surface area contributed by atoms with Crippen molar-refractivity contribution in [1.29, 1.82) is 0 Å². The maximum atomic E-state index is 5.89. The molecule has 0 aromatic carbocycles. The SMILES string of the molecule is Cc1ccnc(Nc2cccc(-c3cnc(N4CCCC4)o3)n2)c1. The average molecular weight is 321 g/mol. The Morgan fingerprint density at radius 3 is 2.79 bits per heavy atom. The van der Waals surface area contributed by atoms with E-state index in [1.807, 2.05) is 37.3 Å². The van der Waals surface area contributed by atoms with Crippen molar-refractivity contribution in [3.05, 3.63) is 48.3 Å². The fraction of sp³-hybridized carbons (Fsp3) is 0.278. The summed E-state index contributed by atoms with van der Waals surface area (Å²) in [5.74, 6) is 2.18. The Bertz CT molecular complexity index is 839. The number of pyridine rings is 2. The molecular formula is C18H19N5O. The molecule has 0 saturated carbocycles. The van der Waals surface area contributed by atoms with E-state index in [2.05, 4.69) is 25.2 Å². The third kappa shape index (κ3) is 3.08. The van der Waals surface area contributed by atoms with Crippen LogP contribution in [-0.2, 0) is 0 Å². The molecule has 3 aromatic rings. The number of nitrogens with zero attached hydrogens (tertiary/aromatic N) is 4. The molecule has 1 aliphatic heterocycles. The van der Waals surface area contributed by atoms with Gasteiger partial charge in [0.1, 0.15) is 17.3 Å². The van der Waals surface area contributed by atoms with Crippen LogP contribution in [0.1, 0.15) is 18.4 Å². The number of aromatic nitrogens is 3. The lowest BCUT2D eigenvalue weighted by Gasteiger charge is -2.10. The van der Waals surface area contributed by atoms with Crippen molar-refractivity contribution in [3.8, 4) is 11.5 Å². The van der Waals surface area contributed by atoms with Gasteiger partial charge in [0.05, 0.1) is 6.20 Å². The van der Waals surface area contributed by atoms with Crippen molar-refractivity contribution in [2.45, 2.75) is 19.8 Å². The van der Waals surface area contributed by atoms with Gasteiger partial charge in [-0.15, -0.1) is 0 Å². The second-order valence-corrected chi connectivity index (χ2v) is 5.95. The second-order valence-electron chi connectivity index (χ2n) is 5.95. The van der Waals surface area contributed by atoms with Crippen LogP contribution in [0.3, 0.4) is 0 Å². The molecule has 4 heterocycles. The third-order valence-electron chi connectivity index (χ3n) is 4.04.